The van der Waals surface area contributed by atoms with Gasteiger partial charge >= 0.3 is 0 Å². The molecular formula is C13H15ClF2N2O. The van der Waals surface area contributed by atoms with E-state index in [1.165, 1.54) is 0 Å². The zero-order valence-corrected chi connectivity index (χ0v) is 11.1. The van der Waals surface area contributed by atoms with Crippen LogP contribution < -0.4 is 10.6 Å². The van der Waals surface area contributed by atoms with Gasteiger partial charge in [0.25, 0.3) is 5.91 Å². The molecule has 2 N–H and O–H groups in total. The standard InChI is InChI=1S/C13H15ClF2N2O/c14-10-6-11(15)9(5-12(10)16)13(19)18-8-3-1-2-4-17-7-8/h5-6,8,17H,1-4,7H2,(H,18,19). The molecule has 0 bridgehead atoms. The molecule has 1 saturated heterocycles. The second-order valence-corrected chi connectivity index (χ2v) is 5.02. The monoisotopic (exact) mass is 288 g/mol. The van der Waals surface area contributed by atoms with Gasteiger partial charge in [-0.1, -0.05) is 18.0 Å². The molecule has 1 aliphatic heterocycles. The van der Waals surface area contributed by atoms with Crippen LogP contribution in [-0.2, 0) is 0 Å². The summed E-state index contributed by atoms with van der Waals surface area (Å²) >= 11 is 5.45. The van der Waals surface area contributed by atoms with Crippen LogP contribution in [-0.4, -0.2) is 25.0 Å². The first-order chi connectivity index (χ1) is 9.08. The molecule has 3 nitrogen and oxygen atoms in total. The molecule has 2 rings (SSSR count). The van der Waals surface area contributed by atoms with Crippen molar-refractivity contribution in [3.8, 4) is 0 Å². The largest absolute Gasteiger partial charge is 0.348 e. The molecule has 1 aromatic rings. The van der Waals surface area contributed by atoms with E-state index in [4.69, 9.17) is 11.6 Å². The maximum Gasteiger partial charge on any atom is 0.254 e. The highest BCUT2D eigenvalue weighted by atomic mass is 35.5. The average Bonchev–Trinajstić information content (AvgIpc) is 2.62. The molecule has 1 amide bonds. The van der Waals surface area contributed by atoms with Crippen molar-refractivity contribution in [2.24, 2.45) is 0 Å². The lowest BCUT2D eigenvalue weighted by molar-refractivity contribution is 0.0931. The third-order valence-electron chi connectivity index (χ3n) is 3.14. The molecule has 0 radical (unpaired) electrons. The molecule has 1 aromatic carbocycles. The Morgan fingerprint density at radius 1 is 1.32 bits per heavy atom. The van der Waals surface area contributed by atoms with E-state index >= 15 is 0 Å². The van der Waals surface area contributed by atoms with E-state index in [9.17, 15) is 13.6 Å². The molecule has 1 aliphatic rings. The zero-order valence-electron chi connectivity index (χ0n) is 10.3. The van der Waals surface area contributed by atoms with Crippen molar-refractivity contribution < 1.29 is 13.6 Å². The molecule has 19 heavy (non-hydrogen) atoms. The van der Waals surface area contributed by atoms with E-state index in [1.54, 1.807) is 0 Å². The van der Waals surface area contributed by atoms with Gasteiger partial charge < -0.3 is 10.6 Å². The molecule has 1 unspecified atom stereocenters. The van der Waals surface area contributed by atoms with Gasteiger partial charge in [0.15, 0.2) is 0 Å². The van der Waals surface area contributed by atoms with E-state index in [0.717, 1.165) is 37.9 Å². The number of nitrogens with one attached hydrogen (secondary N) is 2. The number of hydrogen-bond acceptors (Lipinski definition) is 2. The summed E-state index contributed by atoms with van der Waals surface area (Å²) in [7, 11) is 0. The molecule has 1 fully saturated rings. The van der Waals surface area contributed by atoms with Gasteiger partial charge in [-0.25, -0.2) is 8.78 Å². The van der Waals surface area contributed by atoms with Crippen molar-refractivity contribution in [1.82, 2.24) is 10.6 Å². The minimum atomic E-state index is -0.814. The second-order valence-electron chi connectivity index (χ2n) is 4.62. The fraction of sp³-hybridized carbons (Fsp3) is 0.462. The number of carbonyl (C=O) groups excluding carboxylic acids is 1. The summed E-state index contributed by atoms with van der Waals surface area (Å²) in [5.74, 6) is -2.22. The van der Waals surface area contributed by atoms with Crippen molar-refractivity contribution in [3.05, 3.63) is 34.4 Å². The van der Waals surface area contributed by atoms with Crippen LogP contribution >= 0.6 is 11.6 Å². The average molecular weight is 289 g/mol. The molecule has 1 atom stereocenters. The second kappa shape index (κ2) is 6.30. The van der Waals surface area contributed by atoms with Gasteiger partial charge in [0, 0.05) is 12.6 Å². The van der Waals surface area contributed by atoms with Crippen LogP contribution in [0.3, 0.4) is 0 Å². The molecule has 6 heteroatoms. The first kappa shape index (κ1) is 14.2. The van der Waals surface area contributed by atoms with Gasteiger partial charge in [0.1, 0.15) is 11.6 Å². The van der Waals surface area contributed by atoms with E-state index in [-0.39, 0.29) is 16.6 Å². The topological polar surface area (TPSA) is 41.1 Å². The Balaban J connectivity index is 2.08. The molecule has 1 heterocycles. The number of benzene rings is 1. The maximum absolute atomic E-state index is 13.6. The van der Waals surface area contributed by atoms with Gasteiger partial charge in [-0.05, 0) is 31.5 Å². The highest BCUT2D eigenvalue weighted by Gasteiger charge is 2.19. The summed E-state index contributed by atoms with van der Waals surface area (Å²) in [5.41, 5.74) is -0.314. The van der Waals surface area contributed by atoms with E-state index in [0.29, 0.717) is 6.54 Å². The number of amides is 1. The van der Waals surface area contributed by atoms with Gasteiger partial charge in [0.05, 0.1) is 10.6 Å². The van der Waals surface area contributed by atoms with Crippen LogP contribution in [0.4, 0.5) is 8.78 Å². The maximum atomic E-state index is 13.6. The van der Waals surface area contributed by atoms with Gasteiger partial charge in [0.2, 0.25) is 0 Å². The van der Waals surface area contributed by atoms with Crippen LogP contribution in [0.25, 0.3) is 0 Å². The minimum absolute atomic E-state index is 0.0619. The highest BCUT2D eigenvalue weighted by molar-refractivity contribution is 6.30. The molecule has 0 aromatic heterocycles. The van der Waals surface area contributed by atoms with Crippen LogP contribution in [0.5, 0.6) is 0 Å². The van der Waals surface area contributed by atoms with E-state index in [1.807, 2.05) is 0 Å². The Bertz CT molecular complexity index is 474. The lowest BCUT2D eigenvalue weighted by Gasteiger charge is -2.16. The fourth-order valence-electron chi connectivity index (χ4n) is 2.10. The third kappa shape index (κ3) is 3.64. The lowest BCUT2D eigenvalue weighted by Crippen LogP contribution is -2.41. The van der Waals surface area contributed by atoms with Gasteiger partial charge in [-0.15, -0.1) is 0 Å². The summed E-state index contributed by atoms with van der Waals surface area (Å²) in [6.07, 6.45) is 2.88. The van der Waals surface area contributed by atoms with Crippen molar-refractivity contribution in [1.29, 1.82) is 0 Å². The van der Waals surface area contributed by atoms with Crippen LogP contribution in [0.1, 0.15) is 29.6 Å². The Hall–Kier alpha value is -1.20. The molecular weight excluding hydrogens is 274 g/mol. The molecule has 104 valence electrons. The first-order valence-electron chi connectivity index (χ1n) is 6.24. The minimum Gasteiger partial charge on any atom is -0.348 e. The van der Waals surface area contributed by atoms with Crippen LogP contribution in [0.15, 0.2) is 12.1 Å². The van der Waals surface area contributed by atoms with Crippen LogP contribution in [0, 0.1) is 11.6 Å². The normalized spacial score (nSPS) is 19.8. The summed E-state index contributed by atoms with van der Waals surface area (Å²) < 4.78 is 26.9. The molecule has 0 saturated carbocycles. The fourth-order valence-corrected chi connectivity index (χ4v) is 2.25. The predicted molar refractivity (Wildman–Crippen MR) is 69.3 cm³/mol. The van der Waals surface area contributed by atoms with Crippen LogP contribution in [0.2, 0.25) is 5.02 Å². The summed E-state index contributed by atoms with van der Waals surface area (Å²) in [4.78, 5) is 11.9. The first-order valence-corrected chi connectivity index (χ1v) is 6.62. The number of halogens is 3. The Kier molecular flexibility index (Phi) is 4.71. The van der Waals surface area contributed by atoms with Gasteiger partial charge in [-0.2, -0.15) is 0 Å². The third-order valence-corrected chi connectivity index (χ3v) is 3.43. The Morgan fingerprint density at radius 2 is 2.11 bits per heavy atom. The quantitative estimate of drug-likeness (QED) is 0.821. The van der Waals surface area contributed by atoms with E-state index < -0.39 is 17.5 Å². The molecule has 0 spiro atoms. The smallest absolute Gasteiger partial charge is 0.254 e. The van der Waals surface area contributed by atoms with Crippen molar-refractivity contribution in [2.75, 3.05) is 13.1 Å². The number of carbonyl (C=O) groups is 1. The van der Waals surface area contributed by atoms with E-state index in [2.05, 4.69) is 10.6 Å². The Morgan fingerprint density at radius 3 is 2.89 bits per heavy atom. The summed E-state index contributed by atoms with van der Waals surface area (Å²) in [5, 5.41) is 5.57. The van der Waals surface area contributed by atoms with Crippen molar-refractivity contribution in [3.63, 3.8) is 0 Å². The summed E-state index contributed by atoms with van der Waals surface area (Å²) in [6.45, 7) is 1.56. The zero-order chi connectivity index (χ0) is 13.8. The lowest BCUT2D eigenvalue weighted by atomic mass is 10.1. The van der Waals surface area contributed by atoms with Gasteiger partial charge in [-0.3, -0.25) is 4.79 Å². The SMILES string of the molecule is O=C(NC1CCCCNC1)c1cc(F)c(Cl)cc1F. The summed E-state index contributed by atoms with van der Waals surface area (Å²) in [6, 6.07) is 1.59. The van der Waals surface area contributed by atoms with Crippen molar-refractivity contribution >= 4 is 17.5 Å². The molecule has 0 aliphatic carbocycles. The number of hydrogen-bond donors (Lipinski definition) is 2. The predicted octanol–water partition coefficient (Wildman–Crippen LogP) is 2.49. The highest BCUT2D eigenvalue weighted by Crippen LogP contribution is 2.19. The van der Waals surface area contributed by atoms with Crippen molar-refractivity contribution in [2.45, 2.75) is 25.3 Å². The number of rotatable bonds is 2. The Labute approximate surface area is 115 Å².